The van der Waals surface area contributed by atoms with Gasteiger partial charge in [-0.15, -0.1) is 0 Å². The lowest BCUT2D eigenvalue weighted by atomic mass is 10.1. The van der Waals surface area contributed by atoms with E-state index in [1.165, 1.54) is 0 Å². The lowest BCUT2D eigenvalue weighted by Crippen LogP contribution is -2.44. The van der Waals surface area contributed by atoms with E-state index in [4.69, 9.17) is 0 Å². The molecule has 1 heterocycles. The number of hydrogen-bond acceptors (Lipinski definition) is 2. The third-order valence-electron chi connectivity index (χ3n) is 3.16. The summed E-state index contributed by atoms with van der Waals surface area (Å²) in [5.41, 5.74) is 0. The van der Waals surface area contributed by atoms with Crippen LogP contribution in [0.2, 0.25) is 0 Å². The molecule has 4 nitrogen and oxygen atoms in total. The largest absolute Gasteiger partial charge is 0.393 e. The van der Waals surface area contributed by atoms with Crippen LogP contribution in [0.3, 0.4) is 0 Å². The predicted octanol–water partition coefficient (Wildman–Crippen LogP) is 1.09. The minimum atomic E-state index is -0.315. The van der Waals surface area contributed by atoms with Crippen molar-refractivity contribution < 1.29 is 9.90 Å². The van der Waals surface area contributed by atoms with Crippen LogP contribution in [0.4, 0.5) is 4.79 Å². The van der Waals surface area contributed by atoms with Crippen LogP contribution < -0.4 is 5.32 Å². The van der Waals surface area contributed by atoms with E-state index in [9.17, 15) is 9.90 Å². The van der Waals surface area contributed by atoms with Crippen molar-refractivity contribution in [3.05, 3.63) is 0 Å². The minimum Gasteiger partial charge on any atom is -0.393 e. The van der Waals surface area contributed by atoms with E-state index in [1.54, 1.807) is 6.92 Å². The third kappa shape index (κ3) is 2.84. The minimum absolute atomic E-state index is 0.0700. The van der Waals surface area contributed by atoms with Crippen molar-refractivity contribution in [3.8, 4) is 0 Å². The maximum absolute atomic E-state index is 11.8. The van der Waals surface area contributed by atoms with Gasteiger partial charge in [-0.1, -0.05) is 0 Å². The predicted molar refractivity (Wildman–Crippen MR) is 57.6 cm³/mol. The van der Waals surface area contributed by atoms with Crippen LogP contribution in [-0.2, 0) is 0 Å². The van der Waals surface area contributed by atoms with Crippen LogP contribution in [0, 0.1) is 0 Å². The van der Waals surface area contributed by atoms with Crippen molar-refractivity contribution in [2.75, 3.05) is 6.54 Å². The fourth-order valence-electron chi connectivity index (χ4n) is 2.23. The van der Waals surface area contributed by atoms with E-state index >= 15 is 0 Å². The monoisotopic (exact) mass is 212 g/mol. The van der Waals surface area contributed by atoms with E-state index in [0.717, 1.165) is 32.2 Å². The maximum Gasteiger partial charge on any atom is 0.317 e. The summed E-state index contributed by atoms with van der Waals surface area (Å²) in [6.07, 6.45) is 4.74. The Labute approximate surface area is 90.6 Å². The number of carbonyl (C=O) groups excluding carboxylic acids is 1. The molecule has 15 heavy (non-hydrogen) atoms. The van der Waals surface area contributed by atoms with Gasteiger partial charge in [-0.2, -0.15) is 0 Å². The molecule has 0 aromatic heterocycles. The Balaban J connectivity index is 1.85. The highest BCUT2D eigenvalue weighted by Gasteiger charge is 2.32. The van der Waals surface area contributed by atoms with Crippen LogP contribution in [0.15, 0.2) is 0 Å². The number of rotatable bonds is 3. The van der Waals surface area contributed by atoms with Crippen molar-refractivity contribution in [2.45, 2.75) is 57.2 Å². The zero-order valence-electron chi connectivity index (χ0n) is 9.28. The number of nitrogens with zero attached hydrogens (tertiary/aromatic N) is 1. The molecule has 1 aliphatic heterocycles. The van der Waals surface area contributed by atoms with Crippen molar-refractivity contribution in [1.82, 2.24) is 10.2 Å². The van der Waals surface area contributed by atoms with Crippen molar-refractivity contribution in [2.24, 2.45) is 0 Å². The fourth-order valence-corrected chi connectivity index (χ4v) is 2.23. The number of urea groups is 1. The highest BCUT2D eigenvalue weighted by Crippen LogP contribution is 2.24. The summed E-state index contributed by atoms with van der Waals surface area (Å²) < 4.78 is 0. The van der Waals surface area contributed by atoms with E-state index in [-0.39, 0.29) is 18.2 Å². The first-order valence-electron chi connectivity index (χ1n) is 5.92. The molecule has 0 aromatic rings. The van der Waals surface area contributed by atoms with Gasteiger partial charge >= 0.3 is 6.03 Å². The van der Waals surface area contributed by atoms with Gasteiger partial charge in [0.15, 0.2) is 0 Å². The molecule has 0 aromatic carbocycles. The first kappa shape index (κ1) is 10.7. The first-order valence-corrected chi connectivity index (χ1v) is 5.92. The van der Waals surface area contributed by atoms with Gasteiger partial charge < -0.3 is 15.3 Å². The molecule has 4 heteroatoms. The molecule has 0 radical (unpaired) electrons. The summed E-state index contributed by atoms with van der Waals surface area (Å²) >= 11 is 0. The van der Waals surface area contributed by atoms with Gasteiger partial charge in [-0.25, -0.2) is 4.79 Å². The van der Waals surface area contributed by atoms with Crippen molar-refractivity contribution in [1.29, 1.82) is 0 Å². The second-order valence-electron chi connectivity index (χ2n) is 4.80. The highest BCUT2D eigenvalue weighted by molar-refractivity contribution is 5.75. The van der Waals surface area contributed by atoms with Gasteiger partial charge in [-0.05, 0) is 39.0 Å². The van der Waals surface area contributed by atoms with Gasteiger partial charge in [0.05, 0.1) is 6.10 Å². The molecule has 0 spiro atoms. The number of aliphatic hydroxyl groups excluding tert-OH is 1. The second kappa shape index (κ2) is 4.39. The summed E-state index contributed by atoms with van der Waals surface area (Å²) in [7, 11) is 0. The van der Waals surface area contributed by atoms with E-state index in [0.29, 0.717) is 12.5 Å². The molecule has 86 valence electrons. The molecular formula is C11H20N2O2. The van der Waals surface area contributed by atoms with Crippen LogP contribution in [0.1, 0.15) is 39.0 Å². The van der Waals surface area contributed by atoms with Gasteiger partial charge in [0.25, 0.3) is 0 Å². The van der Waals surface area contributed by atoms with Gasteiger partial charge in [-0.3, -0.25) is 0 Å². The molecule has 2 unspecified atom stereocenters. The Hall–Kier alpha value is -0.770. The molecule has 1 saturated carbocycles. The number of carbonyl (C=O) groups is 1. The maximum atomic E-state index is 11.8. The van der Waals surface area contributed by atoms with Crippen LogP contribution in [-0.4, -0.2) is 40.8 Å². The molecule has 0 bridgehead atoms. The Morgan fingerprint density at radius 2 is 2.27 bits per heavy atom. The van der Waals surface area contributed by atoms with Crippen LogP contribution >= 0.6 is 0 Å². The molecule has 2 atom stereocenters. The molecule has 2 N–H and O–H groups in total. The first-order chi connectivity index (χ1) is 7.16. The zero-order valence-corrected chi connectivity index (χ0v) is 9.28. The number of nitrogens with one attached hydrogen (secondary N) is 1. The second-order valence-corrected chi connectivity index (χ2v) is 4.80. The average molecular weight is 212 g/mol. The molecule has 2 rings (SSSR count). The van der Waals surface area contributed by atoms with E-state index < -0.39 is 0 Å². The van der Waals surface area contributed by atoms with Crippen LogP contribution in [0.25, 0.3) is 0 Å². The van der Waals surface area contributed by atoms with Gasteiger partial charge in [0.2, 0.25) is 0 Å². The fraction of sp³-hybridized carbons (Fsp3) is 0.909. The molecule has 2 amide bonds. The Bertz CT molecular complexity index is 239. The molecular weight excluding hydrogens is 192 g/mol. The number of amides is 2. The summed E-state index contributed by atoms with van der Waals surface area (Å²) in [5, 5.41) is 12.4. The normalized spacial score (nSPS) is 27.9. The summed E-state index contributed by atoms with van der Waals surface area (Å²) in [4.78, 5) is 13.7. The number of hydrogen-bond donors (Lipinski definition) is 2. The van der Waals surface area contributed by atoms with Crippen LogP contribution in [0.5, 0.6) is 0 Å². The molecule has 1 saturated heterocycles. The number of aliphatic hydroxyl groups is 1. The summed E-state index contributed by atoms with van der Waals surface area (Å²) in [5.74, 6) is 0. The van der Waals surface area contributed by atoms with Gasteiger partial charge in [0.1, 0.15) is 0 Å². The third-order valence-corrected chi connectivity index (χ3v) is 3.16. The van der Waals surface area contributed by atoms with Crippen molar-refractivity contribution >= 4 is 6.03 Å². The highest BCUT2D eigenvalue weighted by atomic mass is 16.3. The topological polar surface area (TPSA) is 52.6 Å². The average Bonchev–Trinajstić information content (AvgIpc) is 2.83. The molecule has 2 aliphatic rings. The SMILES string of the molecule is CC(O)CC1CCCN1C(=O)NC1CC1. The Morgan fingerprint density at radius 3 is 2.87 bits per heavy atom. The van der Waals surface area contributed by atoms with Gasteiger partial charge in [0, 0.05) is 18.6 Å². The standard InChI is InChI=1S/C11H20N2O2/c1-8(14)7-10-3-2-6-13(10)11(15)12-9-4-5-9/h8-10,14H,2-7H2,1H3,(H,12,15). The van der Waals surface area contributed by atoms with E-state index in [2.05, 4.69) is 5.32 Å². The lowest BCUT2D eigenvalue weighted by Gasteiger charge is -2.25. The summed E-state index contributed by atoms with van der Waals surface area (Å²) in [6, 6.07) is 0.731. The van der Waals surface area contributed by atoms with E-state index in [1.807, 2.05) is 4.90 Å². The molecule has 2 fully saturated rings. The molecule has 1 aliphatic carbocycles. The Morgan fingerprint density at radius 1 is 1.53 bits per heavy atom. The summed E-state index contributed by atoms with van der Waals surface area (Å²) in [6.45, 7) is 2.63. The Kier molecular flexibility index (Phi) is 3.14. The zero-order chi connectivity index (χ0) is 10.8. The lowest BCUT2D eigenvalue weighted by molar-refractivity contribution is 0.138. The van der Waals surface area contributed by atoms with Crippen molar-refractivity contribution in [3.63, 3.8) is 0 Å². The smallest absolute Gasteiger partial charge is 0.317 e. The number of likely N-dealkylation sites (tertiary alicyclic amines) is 1. The quantitative estimate of drug-likeness (QED) is 0.736.